The number of hydrogen-bond donors (Lipinski definition) is 3. The Bertz CT molecular complexity index is 1440. The van der Waals surface area contributed by atoms with E-state index in [1.165, 1.54) is 13.4 Å². The van der Waals surface area contributed by atoms with Gasteiger partial charge in [-0.3, -0.25) is 4.79 Å². The molecule has 0 radical (unpaired) electrons. The molecular weight excluding hydrogens is 592 g/mol. The Morgan fingerprint density at radius 1 is 0.978 bits per heavy atom. The highest BCUT2D eigenvalue weighted by molar-refractivity contribution is 5.92. The van der Waals surface area contributed by atoms with Gasteiger partial charge in [-0.1, -0.05) is 0 Å². The maximum absolute atomic E-state index is 12.9. The van der Waals surface area contributed by atoms with Gasteiger partial charge in [0, 0.05) is 62.8 Å². The smallest absolute Gasteiger partial charge is 0.321 e. The van der Waals surface area contributed by atoms with Gasteiger partial charge in [-0.25, -0.2) is 14.8 Å². The number of urea groups is 1. The number of carbonyl (C=O) groups is 2. The average molecular weight is 639 g/mol. The van der Waals surface area contributed by atoms with E-state index in [9.17, 15) is 19.8 Å². The minimum absolute atomic E-state index is 0.00123. The zero-order valence-electron chi connectivity index (χ0n) is 27.3. The first-order valence-electron chi connectivity index (χ1n) is 15.8. The Morgan fingerprint density at radius 2 is 1.67 bits per heavy atom. The fourth-order valence-corrected chi connectivity index (χ4v) is 5.35. The third-order valence-corrected chi connectivity index (χ3v) is 7.75. The van der Waals surface area contributed by atoms with Gasteiger partial charge in [-0.15, -0.1) is 0 Å². The molecule has 2 unspecified atom stereocenters. The van der Waals surface area contributed by atoms with E-state index in [-0.39, 0.29) is 37.5 Å². The second kappa shape index (κ2) is 16.3. The van der Waals surface area contributed by atoms with Crippen LogP contribution >= 0.6 is 0 Å². The number of hydrogen-bond acceptors (Lipinski definition) is 10. The molecule has 0 bridgehead atoms. The second-order valence-corrected chi connectivity index (χ2v) is 11.4. The van der Waals surface area contributed by atoms with Crippen LogP contribution in [0.25, 0.3) is 10.9 Å². The summed E-state index contributed by atoms with van der Waals surface area (Å²) in [4.78, 5) is 39.7. The number of aromatic nitrogens is 2. The standard InChI is InChI=1S/C33H46N6O7/c1-6-37(7-2)31(42)17-24(40)16-25(41)20-45-30-19-28-27(18-29(30)44-5)32(35-21-34-28)38-12-14-39(15-13-38)33(43)36-23-8-10-26(11-9-23)46-22(3)4/h8-11,18-19,21-22,24-25,40-41H,6-7,12-17,20H2,1-5H3,(H,36,43). The van der Waals surface area contributed by atoms with E-state index < -0.39 is 12.2 Å². The van der Waals surface area contributed by atoms with Gasteiger partial charge < -0.3 is 44.4 Å². The molecule has 1 aliphatic rings. The van der Waals surface area contributed by atoms with E-state index in [1.807, 2.05) is 52.0 Å². The van der Waals surface area contributed by atoms with Crippen LogP contribution in [0.4, 0.5) is 16.3 Å². The largest absolute Gasteiger partial charge is 0.493 e. The first-order chi connectivity index (χ1) is 22.1. The Morgan fingerprint density at radius 3 is 2.30 bits per heavy atom. The molecule has 0 saturated carbocycles. The topological polar surface area (TPSA) is 150 Å². The SMILES string of the molecule is CCN(CC)C(=O)CC(O)CC(O)COc1cc2ncnc(N3CCN(C(=O)Nc4ccc(OC(C)C)cc4)CC3)c2cc1OC. The molecule has 1 fully saturated rings. The lowest BCUT2D eigenvalue weighted by Crippen LogP contribution is -2.50. The maximum atomic E-state index is 12.9. The number of methoxy groups -OCH3 is 1. The van der Waals surface area contributed by atoms with Crippen LogP contribution in [-0.4, -0.2) is 113 Å². The van der Waals surface area contributed by atoms with Crippen molar-refractivity contribution in [2.45, 2.75) is 58.8 Å². The maximum Gasteiger partial charge on any atom is 0.321 e. The molecule has 46 heavy (non-hydrogen) atoms. The molecule has 2 aromatic carbocycles. The molecule has 3 amide bonds. The minimum Gasteiger partial charge on any atom is -0.493 e. The minimum atomic E-state index is -0.993. The number of amides is 3. The van der Waals surface area contributed by atoms with Gasteiger partial charge in [0.05, 0.1) is 37.4 Å². The molecule has 13 nitrogen and oxygen atoms in total. The molecule has 13 heteroatoms. The summed E-state index contributed by atoms with van der Waals surface area (Å²) in [7, 11) is 1.53. The molecular formula is C33H46N6O7. The summed E-state index contributed by atoms with van der Waals surface area (Å²) in [6, 6.07) is 10.7. The number of carbonyl (C=O) groups excluding carboxylic acids is 2. The predicted molar refractivity (Wildman–Crippen MR) is 176 cm³/mol. The third kappa shape index (κ3) is 9.10. The summed E-state index contributed by atoms with van der Waals surface area (Å²) in [6.07, 6.45) is -0.474. The zero-order chi connectivity index (χ0) is 33.2. The van der Waals surface area contributed by atoms with Gasteiger partial charge in [-0.05, 0) is 58.0 Å². The zero-order valence-corrected chi connectivity index (χ0v) is 27.3. The number of anilines is 2. The molecule has 4 rings (SSSR count). The number of nitrogens with one attached hydrogen (secondary N) is 1. The van der Waals surface area contributed by atoms with Crippen molar-refractivity contribution in [3.05, 3.63) is 42.7 Å². The van der Waals surface area contributed by atoms with Gasteiger partial charge in [0.25, 0.3) is 0 Å². The summed E-state index contributed by atoms with van der Waals surface area (Å²) >= 11 is 0. The van der Waals surface area contributed by atoms with Crippen molar-refractivity contribution in [1.29, 1.82) is 0 Å². The van der Waals surface area contributed by atoms with Gasteiger partial charge in [0.1, 0.15) is 24.5 Å². The molecule has 2 atom stereocenters. The number of nitrogens with zero attached hydrogens (tertiary/aromatic N) is 5. The van der Waals surface area contributed by atoms with Gasteiger partial charge in [-0.2, -0.15) is 0 Å². The van der Waals surface area contributed by atoms with E-state index in [0.29, 0.717) is 62.0 Å². The van der Waals surface area contributed by atoms with Crippen molar-refractivity contribution in [3.63, 3.8) is 0 Å². The number of aliphatic hydroxyl groups is 2. The monoisotopic (exact) mass is 638 g/mol. The van der Waals surface area contributed by atoms with Crippen molar-refractivity contribution in [2.75, 3.05) is 63.2 Å². The lowest BCUT2D eigenvalue weighted by molar-refractivity contribution is -0.133. The highest BCUT2D eigenvalue weighted by atomic mass is 16.5. The number of piperazine rings is 1. The Labute approximate surface area is 270 Å². The molecule has 1 aromatic heterocycles. The summed E-state index contributed by atoms with van der Waals surface area (Å²) < 4.78 is 17.1. The van der Waals surface area contributed by atoms with Crippen LogP contribution in [0.1, 0.15) is 40.5 Å². The van der Waals surface area contributed by atoms with Crippen molar-refractivity contribution in [2.24, 2.45) is 0 Å². The van der Waals surface area contributed by atoms with Gasteiger partial charge in [0.15, 0.2) is 11.5 Å². The van der Waals surface area contributed by atoms with Crippen LogP contribution < -0.4 is 24.4 Å². The van der Waals surface area contributed by atoms with E-state index >= 15 is 0 Å². The van der Waals surface area contributed by atoms with Crippen molar-refractivity contribution >= 4 is 34.3 Å². The lowest BCUT2D eigenvalue weighted by atomic mass is 10.1. The fraction of sp³-hybridized carbons (Fsp3) is 0.515. The first kappa shape index (κ1) is 34.5. The van der Waals surface area contributed by atoms with Crippen LogP contribution in [0, 0.1) is 0 Å². The lowest BCUT2D eigenvalue weighted by Gasteiger charge is -2.35. The molecule has 2 heterocycles. The number of aliphatic hydroxyl groups excluding tert-OH is 2. The Balaban J connectivity index is 1.34. The highest BCUT2D eigenvalue weighted by Crippen LogP contribution is 2.35. The summed E-state index contributed by atoms with van der Waals surface area (Å²) in [5.74, 6) is 2.15. The first-order valence-corrected chi connectivity index (χ1v) is 15.8. The van der Waals surface area contributed by atoms with Crippen molar-refractivity contribution in [3.8, 4) is 17.2 Å². The predicted octanol–water partition coefficient (Wildman–Crippen LogP) is 3.53. The molecule has 3 N–H and O–H groups in total. The van der Waals surface area contributed by atoms with Crippen molar-refractivity contribution in [1.82, 2.24) is 19.8 Å². The highest BCUT2D eigenvalue weighted by Gasteiger charge is 2.25. The third-order valence-electron chi connectivity index (χ3n) is 7.75. The van der Waals surface area contributed by atoms with E-state index in [0.717, 1.165) is 17.0 Å². The number of benzene rings is 2. The number of rotatable bonds is 14. The van der Waals surface area contributed by atoms with E-state index in [4.69, 9.17) is 14.2 Å². The van der Waals surface area contributed by atoms with Crippen LogP contribution in [0.3, 0.4) is 0 Å². The van der Waals surface area contributed by atoms with Crippen LogP contribution in [0.5, 0.6) is 17.2 Å². The summed E-state index contributed by atoms with van der Waals surface area (Å²) in [5.41, 5.74) is 1.33. The second-order valence-electron chi connectivity index (χ2n) is 11.4. The molecule has 1 aliphatic heterocycles. The van der Waals surface area contributed by atoms with Gasteiger partial charge in [0.2, 0.25) is 5.91 Å². The molecule has 0 aliphatic carbocycles. The molecule has 250 valence electrons. The molecule has 3 aromatic rings. The number of ether oxygens (including phenoxy) is 3. The van der Waals surface area contributed by atoms with Gasteiger partial charge >= 0.3 is 6.03 Å². The molecule has 0 spiro atoms. The van der Waals surface area contributed by atoms with Crippen LogP contribution in [-0.2, 0) is 4.79 Å². The Hall–Kier alpha value is -4.36. The number of fused-ring (bicyclic) bond motifs is 1. The van der Waals surface area contributed by atoms with E-state index in [1.54, 1.807) is 21.9 Å². The summed E-state index contributed by atoms with van der Waals surface area (Å²) in [5, 5.41) is 24.5. The van der Waals surface area contributed by atoms with E-state index in [2.05, 4.69) is 20.2 Å². The quantitative estimate of drug-likeness (QED) is 0.239. The van der Waals surface area contributed by atoms with Crippen molar-refractivity contribution < 1.29 is 34.0 Å². The molecule has 1 saturated heterocycles. The average Bonchev–Trinajstić information content (AvgIpc) is 3.04. The van der Waals surface area contributed by atoms with Crippen LogP contribution in [0.15, 0.2) is 42.7 Å². The van der Waals surface area contributed by atoms with Crippen LogP contribution in [0.2, 0.25) is 0 Å². The summed E-state index contributed by atoms with van der Waals surface area (Å²) in [6.45, 7) is 10.9. The normalized spacial score (nSPS) is 14.6. The fourth-order valence-electron chi connectivity index (χ4n) is 5.35. The Kier molecular flexibility index (Phi) is 12.2.